The van der Waals surface area contributed by atoms with Crippen LogP contribution in [0.4, 0.5) is 0 Å². The summed E-state index contributed by atoms with van der Waals surface area (Å²) in [4.78, 5) is 6.80. The van der Waals surface area contributed by atoms with Gasteiger partial charge in [0, 0.05) is 17.5 Å². The molecule has 2 N–H and O–H groups in total. The van der Waals surface area contributed by atoms with Gasteiger partial charge in [-0.3, -0.25) is 0 Å². The smallest absolute Gasteiger partial charge is 0.0897 e. The molecule has 4 heteroatoms. The van der Waals surface area contributed by atoms with Gasteiger partial charge in [0.25, 0.3) is 0 Å². The van der Waals surface area contributed by atoms with Gasteiger partial charge in [0.2, 0.25) is 0 Å². The molecule has 1 aromatic rings. The Labute approximate surface area is 102 Å². The summed E-state index contributed by atoms with van der Waals surface area (Å²) in [5.74, 6) is 0. The number of aryl methyl sites for hydroxylation is 1. The molecule has 1 aliphatic carbocycles. The van der Waals surface area contributed by atoms with Crippen LogP contribution in [0.1, 0.15) is 36.4 Å². The van der Waals surface area contributed by atoms with Crippen LogP contribution >= 0.6 is 11.3 Å². The number of hydrogen-bond acceptors (Lipinski definition) is 4. The monoisotopic (exact) mass is 239 g/mol. The number of aromatic nitrogens is 1. The van der Waals surface area contributed by atoms with Crippen molar-refractivity contribution < 1.29 is 0 Å². The zero-order chi connectivity index (χ0) is 11.6. The van der Waals surface area contributed by atoms with Gasteiger partial charge in [0.15, 0.2) is 0 Å². The molecule has 3 nitrogen and oxygen atoms in total. The molecule has 1 fully saturated rings. The van der Waals surface area contributed by atoms with Gasteiger partial charge < -0.3 is 10.6 Å². The van der Waals surface area contributed by atoms with Crippen molar-refractivity contribution in [2.75, 3.05) is 13.6 Å². The lowest BCUT2D eigenvalue weighted by molar-refractivity contribution is 0.193. The summed E-state index contributed by atoms with van der Waals surface area (Å²) in [6.45, 7) is 4.07. The summed E-state index contributed by atoms with van der Waals surface area (Å²) < 4.78 is 0. The highest BCUT2D eigenvalue weighted by atomic mass is 32.1. The zero-order valence-corrected chi connectivity index (χ0v) is 11.0. The second-order valence-corrected chi connectivity index (χ2v) is 6.12. The van der Waals surface area contributed by atoms with E-state index in [0.717, 1.165) is 24.5 Å². The Morgan fingerprint density at radius 3 is 2.81 bits per heavy atom. The minimum atomic E-state index is 0.145. The molecule has 1 aliphatic rings. The van der Waals surface area contributed by atoms with Crippen LogP contribution < -0.4 is 5.73 Å². The Morgan fingerprint density at radius 1 is 1.56 bits per heavy atom. The van der Waals surface area contributed by atoms with Gasteiger partial charge in [0.1, 0.15) is 0 Å². The molecular formula is C12H21N3S. The van der Waals surface area contributed by atoms with Crippen LogP contribution in [0.15, 0.2) is 5.38 Å². The van der Waals surface area contributed by atoms with Crippen LogP contribution in [-0.2, 0) is 6.54 Å². The molecule has 0 unspecified atom stereocenters. The molecule has 0 radical (unpaired) electrons. The molecule has 16 heavy (non-hydrogen) atoms. The maximum Gasteiger partial charge on any atom is 0.0897 e. The van der Waals surface area contributed by atoms with Gasteiger partial charge in [-0.1, -0.05) is 0 Å². The standard InChI is InChI=1S/C12H21N3S/c1-10-14-11(9-16-10)8-15(2)7-6-12(13)4-3-5-12/h9H,3-8,13H2,1-2H3. The number of nitrogens with two attached hydrogens (primary N) is 1. The van der Waals surface area contributed by atoms with E-state index in [2.05, 4.69) is 29.2 Å². The Hall–Kier alpha value is -0.450. The van der Waals surface area contributed by atoms with Crippen LogP contribution in [-0.4, -0.2) is 29.0 Å². The number of thiazole rings is 1. The van der Waals surface area contributed by atoms with Crippen LogP contribution in [0.2, 0.25) is 0 Å². The number of hydrogen-bond donors (Lipinski definition) is 1. The lowest BCUT2D eigenvalue weighted by Gasteiger charge is -2.39. The largest absolute Gasteiger partial charge is 0.325 e. The molecule has 1 saturated carbocycles. The third-order valence-electron chi connectivity index (χ3n) is 3.44. The van der Waals surface area contributed by atoms with Gasteiger partial charge in [-0.05, 0) is 46.2 Å². The van der Waals surface area contributed by atoms with Crippen LogP contribution in [0.5, 0.6) is 0 Å². The molecule has 0 aliphatic heterocycles. The minimum Gasteiger partial charge on any atom is -0.325 e. The Bertz CT molecular complexity index is 344. The molecule has 2 rings (SSSR count). The average Bonchev–Trinajstić information content (AvgIpc) is 2.58. The SMILES string of the molecule is Cc1nc(CN(C)CCC2(N)CCC2)cs1. The van der Waals surface area contributed by atoms with Crippen molar-refractivity contribution in [3.63, 3.8) is 0 Å². The summed E-state index contributed by atoms with van der Waals surface area (Å²) in [5.41, 5.74) is 7.54. The predicted molar refractivity (Wildman–Crippen MR) is 68.6 cm³/mol. The van der Waals surface area contributed by atoms with Crippen molar-refractivity contribution in [2.45, 2.75) is 44.7 Å². The van der Waals surface area contributed by atoms with E-state index >= 15 is 0 Å². The van der Waals surface area contributed by atoms with E-state index in [1.807, 2.05) is 0 Å². The maximum absolute atomic E-state index is 6.21. The molecule has 90 valence electrons. The first-order chi connectivity index (χ1) is 7.57. The summed E-state index contributed by atoms with van der Waals surface area (Å²) in [7, 11) is 2.15. The fraction of sp³-hybridized carbons (Fsp3) is 0.750. The fourth-order valence-corrected chi connectivity index (χ4v) is 2.73. The summed E-state index contributed by atoms with van der Waals surface area (Å²) in [6, 6.07) is 0. The van der Waals surface area contributed by atoms with E-state index in [0.29, 0.717) is 0 Å². The summed E-state index contributed by atoms with van der Waals surface area (Å²) in [6.07, 6.45) is 4.84. The van der Waals surface area contributed by atoms with Crippen molar-refractivity contribution in [1.29, 1.82) is 0 Å². The van der Waals surface area contributed by atoms with Crippen molar-refractivity contribution in [3.8, 4) is 0 Å². The molecular weight excluding hydrogens is 218 g/mol. The second-order valence-electron chi connectivity index (χ2n) is 5.06. The Balaban J connectivity index is 1.73. The van der Waals surface area contributed by atoms with E-state index < -0.39 is 0 Å². The first-order valence-electron chi connectivity index (χ1n) is 5.96. The highest BCUT2D eigenvalue weighted by Crippen LogP contribution is 2.32. The third-order valence-corrected chi connectivity index (χ3v) is 4.26. The predicted octanol–water partition coefficient (Wildman–Crippen LogP) is 2.15. The molecule has 0 amide bonds. The second kappa shape index (κ2) is 4.82. The van der Waals surface area contributed by atoms with Gasteiger partial charge >= 0.3 is 0 Å². The Kier molecular flexibility index (Phi) is 3.62. The van der Waals surface area contributed by atoms with Crippen LogP contribution in [0, 0.1) is 6.92 Å². The van der Waals surface area contributed by atoms with E-state index in [-0.39, 0.29) is 5.54 Å². The van der Waals surface area contributed by atoms with Crippen LogP contribution in [0.3, 0.4) is 0 Å². The Morgan fingerprint density at radius 2 is 2.31 bits per heavy atom. The lowest BCUT2D eigenvalue weighted by Crippen LogP contribution is -2.48. The summed E-state index contributed by atoms with van der Waals surface area (Å²) in [5, 5.41) is 3.30. The third kappa shape index (κ3) is 3.03. The van der Waals surface area contributed by atoms with E-state index in [9.17, 15) is 0 Å². The maximum atomic E-state index is 6.21. The van der Waals surface area contributed by atoms with Crippen molar-refractivity contribution in [2.24, 2.45) is 5.73 Å². The molecule has 0 aromatic carbocycles. The van der Waals surface area contributed by atoms with Crippen LogP contribution in [0.25, 0.3) is 0 Å². The quantitative estimate of drug-likeness (QED) is 0.856. The van der Waals surface area contributed by atoms with Gasteiger partial charge in [0.05, 0.1) is 10.7 Å². The molecule has 1 heterocycles. The van der Waals surface area contributed by atoms with Gasteiger partial charge in [-0.25, -0.2) is 4.98 Å². The van der Waals surface area contributed by atoms with Crippen molar-refractivity contribution >= 4 is 11.3 Å². The first-order valence-corrected chi connectivity index (χ1v) is 6.84. The van der Waals surface area contributed by atoms with Crippen molar-refractivity contribution in [3.05, 3.63) is 16.1 Å². The van der Waals surface area contributed by atoms with Gasteiger partial charge in [-0.2, -0.15) is 0 Å². The number of nitrogens with zero attached hydrogens (tertiary/aromatic N) is 2. The van der Waals surface area contributed by atoms with Crippen molar-refractivity contribution in [1.82, 2.24) is 9.88 Å². The molecule has 1 aromatic heterocycles. The van der Waals surface area contributed by atoms with E-state index in [1.54, 1.807) is 11.3 Å². The molecule has 0 spiro atoms. The van der Waals surface area contributed by atoms with E-state index in [4.69, 9.17) is 5.73 Å². The normalized spacial score (nSPS) is 18.8. The zero-order valence-electron chi connectivity index (χ0n) is 10.2. The average molecular weight is 239 g/mol. The summed E-state index contributed by atoms with van der Waals surface area (Å²) >= 11 is 1.72. The molecule has 0 saturated heterocycles. The highest BCUT2D eigenvalue weighted by molar-refractivity contribution is 7.09. The molecule has 0 atom stereocenters. The first kappa shape index (κ1) is 12.0. The highest BCUT2D eigenvalue weighted by Gasteiger charge is 2.31. The van der Waals surface area contributed by atoms with Gasteiger partial charge in [-0.15, -0.1) is 11.3 Å². The molecule has 0 bridgehead atoms. The minimum absolute atomic E-state index is 0.145. The number of rotatable bonds is 5. The fourth-order valence-electron chi connectivity index (χ4n) is 2.13. The lowest BCUT2D eigenvalue weighted by atomic mass is 9.75. The topological polar surface area (TPSA) is 42.2 Å². The van der Waals surface area contributed by atoms with E-state index in [1.165, 1.54) is 25.0 Å².